The first-order valence-corrected chi connectivity index (χ1v) is 13.5. The summed E-state index contributed by atoms with van der Waals surface area (Å²) in [6, 6.07) is 13.7. The van der Waals surface area contributed by atoms with Crippen LogP contribution in [0.5, 0.6) is 11.5 Å². The standard InChI is InChI=1S/C26H33N3O5S/c1-5-35(31,32)29-16-26(17-29)15-28(13-18-8-6-7-9-23(18)34-4)22(14-30)25-24(26)20-11-10-19(33-3)12-21(20)27(25)2/h6-12,22,30H,5,13-17H2,1-4H3/t22-/m1/s1. The summed E-state index contributed by atoms with van der Waals surface area (Å²) in [4.78, 5) is 2.27. The average molecular weight is 500 g/mol. The number of hydrogen-bond acceptors (Lipinski definition) is 6. The topological polar surface area (TPSA) is 84.2 Å². The van der Waals surface area contributed by atoms with E-state index in [-0.39, 0.29) is 23.8 Å². The number of aromatic nitrogens is 1. The number of aryl methyl sites for hydroxylation is 1. The third-order valence-electron chi connectivity index (χ3n) is 7.70. The van der Waals surface area contributed by atoms with E-state index in [0.29, 0.717) is 26.2 Å². The van der Waals surface area contributed by atoms with Crippen LogP contribution in [-0.2, 0) is 29.0 Å². The van der Waals surface area contributed by atoms with Crippen molar-refractivity contribution < 1.29 is 23.0 Å². The minimum atomic E-state index is -3.28. The SMILES string of the molecule is CCS(=O)(=O)N1CC2(CN(Cc3ccccc3OC)[C@H](CO)c3c2c2ccc(OC)cc2n3C)C1. The molecule has 9 heteroatoms. The summed E-state index contributed by atoms with van der Waals surface area (Å²) < 4.78 is 40.2. The van der Waals surface area contributed by atoms with Gasteiger partial charge in [0.25, 0.3) is 0 Å². The third-order valence-corrected chi connectivity index (χ3v) is 9.48. The monoisotopic (exact) mass is 499 g/mol. The third kappa shape index (κ3) is 3.72. The zero-order valence-corrected chi connectivity index (χ0v) is 21.5. The smallest absolute Gasteiger partial charge is 0.213 e. The van der Waals surface area contributed by atoms with Crippen LogP contribution < -0.4 is 9.47 Å². The highest BCUT2D eigenvalue weighted by Gasteiger charge is 2.55. The Balaban J connectivity index is 1.66. The van der Waals surface area contributed by atoms with Crippen molar-refractivity contribution in [2.75, 3.05) is 46.2 Å². The first-order valence-electron chi connectivity index (χ1n) is 11.9. The van der Waals surface area contributed by atoms with Gasteiger partial charge in [0.2, 0.25) is 10.0 Å². The van der Waals surface area contributed by atoms with Gasteiger partial charge in [-0.3, -0.25) is 4.90 Å². The van der Waals surface area contributed by atoms with Gasteiger partial charge in [0.15, 0.2) is 0 Å². The second kappa shape index (κ2) is 8.81. The van der Waals surface area contributed by atoms with Crippen LogP contribution in [0.1, 0.15) is 29.8 Å². The van der Waals surface area contributed by atoms with Gasteiger partial charge in [-0.25, -0.2) is 8.42 Å². The molecule has 3 aromatic rings. The molecule has 0 saturated carbocycles. The molecule has 0 radical (unpaired) electrons. The Morgan fingerprint density at radius 3 is 2.49 bits per heavy atom. The van der Waals surface area contributed by atoms with E-state index in [1.165, 1.54) is 0 Å². The fourth-order valence-corrected chi connectivity index (χ4v) is 7.20. The van der Waals surface area contributed by atoms with Gasteiger partial charge in [-0.2, -0.15) is 4.31 Å². The summed E-state index contributed by atoms with van der Waals surface area (Å²) in [5.74, 6) is 1.65. The molecule has 2 aliphatic rings. The van der Waals surface area contributed by atoms with Crippen molar-refractivity contribution >= 4 is 20.9 Å². The van der Waals surface area contributed by atoms with Crippen molar-refractivity contribution in [3.8, 4) is 11.5 Å². The van der Waals surface area contributed by atoms with Crippen LogP contribution in [0.15, 0.2) is 42.5 Å². The van der Waals surface area contributed by atoms with Crippen molar-refractivity contribution in [2.24, 2.45) is 7.05 Å². The van der Waals surface area contributed by atoms with E-state index in [4.69, 9.17) is 9.47 Å². The maximum atomic E-state index is 12.7. The highest BCUT2D eigenvalue weighted by molar-refractivity contribution is 7.89. The second-order valence-corrected chi connectivity index (χ2v) is 11.8. The molecule has 1 fully saturated rings. The molecule has 35 heavy (non-hydrogen) atoms. The van der Waals surface area contributed by atoms with Crippen LogP contribution in [0.2, 0.25) is 0 Å². The van der Waals surface area contributed by atoms with Gasteiger partial charge in [0.1, 0.15) is 11.5 Å². The number of sulfonamides is 1. The van der Waals surface area contributed by atoms with Crippen molar-refractivity contribution in [3.63, 3.8) is 0 Å². The fourth-order valence-electron chi connectivity index (χ4n) is 5.95. The first-order chi connectivity index (χ1) is 16.8. The van der Waals surface area contributed by atoms with Crippen molar-refractivity contribution in [1.82, 2.24) is 13.8 Å². The van der Waals surface area contributed by atoms with E-state index in [0.717, 1.165) is 39.2 Å². The lowest BCUT2D eigenvalue weighted by Gasteiger charge is -2.55. The number of nitrogens with zero attached hydrogens (tertiary/aromatic N) is 3. The number of methoxy groups -OCH3 is 2. The van der Waals surface area contributed by atoms with Crippen molar-refractivity contribution in [2.45, 2.75) is 24.9 Å². The molecule has 1 N–H and O–H groups in total. The fraction of sp³-hybridized carbons (Fsp3) is 0.462. The molecule has 188 valence electrons. The number of benzene rings is 2. The Hall–Kier alpha value is -2.59. The number of hydrogen-bond donors (Lipinski definition) is 1. The zero-order valence-electron chi connectivity index (χ0n) is 20.7. The molecule has 0 unspecified atom stereocenters. The quantitative estimate of drug-likeness (QED) is 0.538. The van der Waals surface area contributed by atoms with E-state index in [1.54, 1.807) is 25.4 Å². The molecule has 0 amide bonds. The number of rotatable bonds is 7. The Bertz CT molecular complexity index is 1360. The molecule has 1 spiro atoms. The molecule has 8 nitrogen and oxygen atoms in total. The maximum Gasteiger partial charge on any atom is 0.213 e. The molecule has 1 aromatic heterocycles. The predicted octanol–water partition coefficient (Wildman–Crippen LogP) is 2.65. The maximum absolute atomic E-state index is 12.7. The van der Waals surface area contributed by atoms with Crippen LogP contribution in [0.25, 0.3) is 10.9 Å². The number of para-hydroxylation sites is 1. The number of aliphatic hydroxyl groups excluding tert-OH is 1. The summed E-state index contributed by atoms with van der Waals surface area (Å²) in [5.41, 5.74) is 3.87. The zero-order chi connectivity index (χ0) is 25.0. The van der Waals surface area contributed by atoms with Gasteiger partial charge in [-0.05, 0) is 30.7 Å². The lowest BCUT2D eigenvalue weighted by Crippen LogP contribution is -2.67. The van der Waals surface area contributed by atoms with E-state index < -0.39 is 10.0 Å². The van der Waals surface area contributed by atoms with Crippen LogP contribution in [0.4, 0.5) is 0 Å². The lowest BCUT2D eigenvalue weighted by molar-refractivity contribution is 0.0238. The van der Waals surface area contributed by atoms with Gasteiger partial charge in [0.05, 0.1) is 38.1 Å². The highest BCUT2D eigenvalue weighted by Crippen LogP contribution is 2.50. The van der Waals surface area contributed by atoms with Gasteiger partial charge in [-0.1, -0.05) is 18.2 Å². The minimum absolute atomic E-state index is 0.0451. The van der Waals surface area contributed by atoms with E-state index in [9.17, 15) is 13.5 Å². The predicted molar refractivity (Wildman–Crippen MR) is 135 cm³/mol. The molecular formula is C26H33N3O5S. The van der Waals surface area contributed by atoms with E-state index in [2.05, 4.69) is 15.5 Å². The molecule has 1 saturated heterocycles. The van der Waals surface area contributed by atoms with Gasteiger partial charge >= 0.3 is 0 Å². The van der Waals surface area contributed by atoms with Gasteiger partial charge in [0, 0.05) is 61.4 Å². The number of aliphatic hydroxyl groups is 1. The number of fused-ring (bicyclic) bond motifs is 4. The molecule has 5 rings (SSSR count). The molecule has 1 atom stereocenters. The Morgan fingerprint density at radius 2 is 1.83 bits per heavy atom. The summed E-state index contributed by atoms with van der Waals surface area (Å²) >= 11 is 0. The van der Waals surface area contributed by atoms with Crippen molar-refractivity contribution in [1.29, 1.82) is 0 Å². The van der Waals surface area contributed by atoms with E-state index in [1.807, 2.05) is 43.4 Å². The Kier molecular flexibility index (Phi) is 6.07. The van der Waals surface area contributed by atoms with Crippen LogP contribution >= 0.6 is 0 Å². The molecule has 3 heterocycles. The van der Waals surface area contributed by atoms with Gasteiger partial charge < -0.3 is 19.1 Å². The minimum Gasteiger partial charge on any atom is -0.497 e. The largest absolute Gasteiger partial charge is 0.497 e. The Labute approximate surface area is 206 Å². The average Bonchev–Trinajstić information content (AvgIpc) is 3.14. The summed E-state index contributed by atoms with van der Waals surface area (Å²) in [6.07, 6.45) is 0. The van der Waals surface area contributed by atoms with Crippen LogP contribution in [0, 0.1) is 0 Å². The Morgan fingerprint density at radius 1 is 1.09 bits per heavy atom. The molecular weight excluding hydrogens is 466 g/mol. The molecule has 0 aliphatic carbocycles. The van der Waals surface area contributed by atoms with Crippen LogP contribution in [0.3, 0.4) is 0 Å². The molecule has 0 bridgehead atoms. The molecule has 2 aliphatic heterocycles. The van der Waals surface area contributed by atoms with Gasteiger partial charge in [-0.15, -0.1) is 0 Å². The van der Waals surface area contributed by atoms with Crippen molar-refractivity contribution in [3.05, 3.63) is 59.3 Å². The highest BCUT2D eigenvalue weighted by atomic mass is 32.2. The summed E-state index contributed by atoms with van der Waals surface area (Å²) in [5, 5.41) is 11.7. The lowest BCUT2D eigenvalue weighted by atomic mass is 9.70. The summed E-state index contributed by atoms with van der Waals surface area (Å²) in [6.45, 7) is 3.73. The second-order valence-electron chi connectivity index (χ2n) is 9.57. The van der Waals surface area contributed by atoms with E-state index >= 15 is 0 Å². The normalized spacial score (nSPS) is 20.1. The van der Waals surface area contributed by atoms with Crippen LogP contribution in [-0.4, -0.2) is 73.5 Å². The molecule has 2 aromatic carbocycles. The summed E-state index contributed by atoms with van der Waals surface area (Å²) in [7, 11) is 2.04. The first kappa shape index (κ1) is 24.1. The number of ether oxygens (including phenoxy) is 2.